The van der Waals surface area contributed by atoms with Crippen LogP contribution >= 0.6 is 0 Å². The predicted molar refractivity (Wildman–Crippen MR) is 117 cm³/mol. The predicted octanol–water partition coefficient (Wildman–Crippen LogP) is 0.760. The maximum atomic E-state index is 12.8. The van der Waals surface area contributed by atoms with Crippen molar-refractivity contribution in [2.75, 3.05) is 13.2 Å². The summed E-state index contributed by atoms with van der Waals surface area (Å²) in [6, 6.07) is 1.99. The summed E-state index contributed by atoms with van der Waals surface area (Å²) in [5.41, 5.74) is 5.40. The fraction of sp³-hybridized carbons (Fsp3) is 0.565. The lowest BCUT2D eigenvalue weighted by Gasteiger charge is -2.25. The molecule has 174 valence electrons. The number of hydrogen-bond acceptors (Lipinski definition) is 6. The van der Waals surface area contributed by atoms with Crippen molar-refractivity contribution < 1.29 is 19.4 Å². The molecule has 3 N–H and O–H groups in total. The number of aromatic hydroxyl groups is 1. The lowest BCUT2D eigenvalue weighted by atomic mass is 10.1. The van der Waals surface area contributed by atoms with Crippen molar-refractivity contribution >= 4 is 17.5 Å². The number of nitrogens with two attached hydrogens (primary N) is 1. The van der Waals surface area contributed by atoms with Crippen LogP contribution in [0.15, 0.2) is 23.0 Å². The van der Waals surface area contributed by atoms with Crippen LogP contribution in [0.2, 0.25) is 0 Å². The molecule has 4 atom stereocenters. The zero-order valence-electron chi connectivity index (χ0n) is 18.4. The monoisotopic (exact) mass is 453 g/mol. The summed E-state index contributed by atoms with van der Waals surface area (Å²) in [4.78, 5) is 39.2. The Morgan fingerprint density at radius 3 is 2.79 bits per heavy atom. The zero-order valence-corrected chi connectivity index (χ0v) is 18.4. The molecular weight excluding hydrogens is 426 g/mol. The summed E-state index contributed by atoms with van der Waals surface area (Å²) < 4.78 is 8.30. The van der Waals surface area contributed by atoms with Gasteiger partial charge in [-0.25, -0.2) is 0 Å². The quantitative estimate of drug-likeness (QED) is 0.621. The van der Waals surface area contributed by atoms with E-state index in [1.54, 1.807) is 16.7 Å². The largest absolute Gasteiger partial charge is 0.494 e. The Kier molecular flexibility index (Phi) is 4.30. The summed E-state index contributed by atoms with van der Waals surface area (Å²) in [6.07, 6.45) is 7.50. The van der Waals surface area contributed by atoms with Gasteiger partial charge in [-0.1, -0.05) is 13.0 Å². The van der Waals surface area contributed by atoms with Crippen LogP contribution in [0.25, 0.3) is 5.65 Å². The Balaban J connectivity index is 1.27. The first-order valence-electron chi connectivity index (χ1n) is 11.5. The number of hydrogen-bond donors (Lipinski definition) is 2. The third-order valence-corrected chi connectivity index (χ3v) is 7.65. The second-order valence-corrected chi connectivity index (χ2v) is 10.3. The molecule has 2 bridgehead atoms. The highest BCUT2D eigenvalue weighted by Crippen LogP contribution is 2.49. The van der Waals surface area contributed by atoms with Crippen LogP contribution < -0.4 is 11.3 Å². The first kappa shape index (κ1) is 20.5. The molecule has 10 heteroatoms. The van der Waals surface area contributed by atoms with E-state index >= 15 is 0 Å². The number of fused-ring (bicyclic) bond motifs is 3. The number of primary amides is 1. The van der Waals surface area contributed by atoms with Gasteiger partial charge in [-0.2, -0.15) is 9.61 Å². The average Bonchev–Trinajstić information content (AvgIpc) is 3.50. The van der Waals surface area contributed by atoms with Gasteiger partial charge >= 0.3 is 0 Å². The van der Waals surface area contributed by atoms with Crippen molar-refractivity contribution in [1.29, 1.82) is 0 Å². The summed E-state index contributed by atoms with van der Waals surface area (Å²) >= 11 is 0. The smallest absolute Gasteiger partial charge is 0.291 e. The fourth-order valence-electron chi connectivity index (χ4n) is 5.22. The van der Waals surface area contributed by atoms with E-state index in [2.05, 4.69) is 12.0 Å². The molecular formula is C23H27N5O5. The Morgan fingerprint density at radius 2 is 2.15 bits per heavy atom. The van der Waals surface area contributed by atoms with E-state index < -0.39 is 22.9 Å². The van der Waals surface area contributed by atoms with E-state index in [4.69, 9.17) is 10.5 Å². The van der Waals surface area contributed by atoms with Crippen LogP contribution in [-0.2, 0) is 16.1 Å². The van der Waals surface area contributed by atoms with E-state index in [0.29, 0.717) is 31.0 Å². The lowest BCUT2D eigenvalue weighted by Crippen LogP contribution is -2.40. The van der Waals surface area contributed by atoms with Crippen molar-refractivity contribution in [2.45, 2.75) is 57.2 Å². The molecule has 4 fully saturated rings. The van der Waals surface area contributed by atoms with E-state index in [1.165, 1.54) is 4.52 Å². The Labute approximate surface area is 189 Å². The first-order valence-corrected chi connectivity index (χ1v) is 11.5. The normalized spacial score (nSPS) is 29.3. The molecule has 6 rings (SSSR count). The highest BCUT2D eigenvalue weighted by Gasteiger charge is 2.43. The third kappa shape index (κ3) is 3.35. The van der Waals surface area contributed by atoms with E-state index in [-0.39, 0.29) is 35.3 Å². The van der Waals surface area contributed by atoms with Gasteiger partial charge in [0.2, 0.25) is 11.8 Å². The van der Waals surface area contributed by atoms with Crippen molar-refractivity contribution in [3.05, 3.63) is 39.8 Å². The van der Waals surface area contributed by atoms with Gasteiger partial charge in [0.1, 0.15) is 5.65 Å². The molecule has 2 aromatic rings. The summed E-state index contributed by atoms with van der Waals surface area (Å²) in [7, 11) is 0. The minimum absolute atomic E-state index is 0.0116. The lowest BCUT2D eigenvalue weighted by molar-refractivity contribution is -0.130. The maximum absolute atomic E-state index is 12.8. The number of likely N-dealkylation sites (tertiary alicyclic amines) is 1. The zero-order chi connectivity index (χ0) is 23.1. The van der Waals surface area contributed by atoms with Crippen LogP contribution in [0.1, 0.15) is 54.6 Å². The molecule has 10 nitrogen and oxygen atoms in total. The molecule has 2 unspecified atom stereocenters. The van der Waals surface area contributed by atoms with Crippen LogP contribution in [-0.4, -0.2) is 61.3 Å². The number of carbonyl (C=O) groups excluding carboxylic acids is 2. The van der Waals surface area contributed by atoms with Crippen molar-refractivity contribution in [1.82, 2.24) is 19.1 Å². The average molecular weight is 453 g/mol. The molecule has 2 saturated heterocycles. The van der Waals surface area contributed by atoms with Gasteiger partial charge in [-0.05, 0) is 43.1 Å². The minimum atomic E-state index is -0.974. The van der Waals surface area contributed by atoms with Gasteiger partial charge in [0.05, 0.1) is 24.4 Å². The Bertz CT molecular complexity index is 1270. The molecule has 2 aromatic heterocycles. The molecule has 0 spiro atoms. The molecule has 4 aliphatic rings. The molecule has 2 aliphatic carbocycles. The maximum Gasteiger partial charge on any atom is 0.291 e. The van der Waals surface area contributed by atoms with Crippen LogP contribution in [0.4, 0.5) is 0 Å². The van der Waals surface area contributed by atoms with Crippen LogP contribution in [0.5, 0.6) is 5.88 Å². The number of ether oxygens (including phenoxy) is 1. The van der Waals surface area contributed by atoms with Gasteiger partial charge in [0.25, 0.3) is 11.5 Å². The van der Waals surface area contributed by atoms with Gasteiger partial charge < -0.3 is 20.5 Å². The molecule has 33 heavy (non-hydrogen) atoms. The topological polar surface area (TPSA) is 132 Å². The van der Waals surface area contributed by atoms with E-state index in [1.807, 2.05) is 11.0 Å². The first-order chi connectivity index (χ1) is 15.7. The second kappa shape index (κ2) is 6.93. The highest BCUT2D eigenvalue weighted by molar-refractivity contribution is 5.95. The van der Waals surface area contributed by atoms with Gasteiger partial charge in [0.15, 0.2) is 5.56 Å². The van der Waals surface area contributed by atoms with Crippen molar-refractivity contribution in [3.63, 3.8) is 0 Å². The Morgan fingerprint density at radius 1 is 1.36 bits per heavy atom. The molecule has 2 aliphatic heterocycles. The summed E-state index contributed by atoms with van der Waals surface area (Å²) in [5.74, 6) is -1.13. The van der Waals surface area contributed by atoms with Crippen molar-refractivity contribution in [2.24, 2.45) is 17.1 Å². The Hall–Kier alpha value is -3.14. The summed E-state index contributed by atoms with van der Waals surface area (Å²) in [5, 5.41) is 15.2. The SMILES string of the molecule is CC1(Cn2c(O)c(C(N)=O)c(=O)n3nc(C4CC4/C=C/C(=O)N4C[C@H]5C[C@@H]4CO5)cc23)CC1. The number of nitrogens with zero attached hydrogens (tertiary/aromatic N) is 4. The molecule has 2 saturated carbocycles. The second-order valence-electron chi connectivity index (χ2n) is 10.3. The van der Waals surface area contributed by atoms with Gasteiger partial charge in [0, 0.05) is 25.1 Å². The molecule has 4 heterocycles. The van der Waals surface area contributed by atoms with Gasteiger partial charge in [-0.3, -0.25) is 19.0 Å². The number of rotatable bonds is 6. The van der Waals surface area contributed by atoms with Crippen LogP contribution in [0, 0.1) is 11.3 Å². The molecule has 2 amide bonds. The number of aromatic nitrogens is 3. The molecule has 0 radical (unpaired) electrons. The summed E-state index contributed by atoms with van der Waals surface area (Å²) in [6.45, 7) is 3.84. The fourth-order valence-corrected chi connectivity index (χ4v) is 5.22. The third-order valence-electron chi connectivity index (χ3n) is 7.65. The number of allylic oxidation sites excluding steroid dienone is 1. The standard InChI is InChI=1S/C23H27N5O5/c1-23(4-5-23)11-27-17-8-16(25-28(17)22(32)19(20(24)30)21(27)31)15-6-12(15)2-3-18(29)26-9-14-7-13(26)10-33-14/h2-3,8,12-15,31H,4-7,9-11H2,1H3,(H2,24,30)/b3-2+/t12?,13-,14-,15?/m1/s1. The highest BCUT2D eigenvalue weighted by atomic mass is 16.5. The minimum Gasteiger partial charge on any atom is -0.494 e. The van der Waals surface area contributed by atoms with Gasteiger partial charge in [-0.15, -0.1) is 0 Å². The number of amides is 2. The van der Waals surface area contributed by atoms with Crippen LogP contribution in [0.3, 0.4) is 0 Å². The molecule has 0 aromatic carbocycles. The number of morpholine rings is 1. The van der Waals surface area contributed by atoms with E-state index in [0.717, 1.165) is 25.7 Å². The number of carbonyl (C=O) groups is 2. The van der Waals surface area contributed by atoms with Crippen molar-refractivity contribution in [3.8, 4) is 5.88 Å². The van der Waals surface area contributed by atoms with E-state index in [9.17, 15) is 19.5 Å².